The van der Waals surface area contributed by atoms with Gasteiger partial charge in [-0.25, -0.2) is 0 Å². The maximum absolute atomic E-state index is 12.1. The van der Waals surface area contributed by atoms with Crippen molar-refractivity contribution in [1.29, 1.82) is 0 Å². The van der Waals surface area contributed by atoms with Crippen LogP contribution < -0.4 is 5.32 Å². The Hall–Kier alpha value is -1.29. The second-order valence-electron chi connectivity index (χ2n) is 6.22. The first kappa shape index (κ1) is 13.7. The smallest absolute Gasteiger partial charge is 0.227 e. The second-order valence-corrected chi connectivity index (χ2v) is 6.22. The van der Waals surface area contributed by atoms with Crippen LogP contribution in [0.1, 0.15) is 44.1 Å². The van der Waals surface area contributed by atoms with Gasteiger partial charge in [-0.05, 0) is 44.4 Å². The summed E-state index contributed by atoms with van der Waals surface area (Å²) in [5.41, 5.74) is -0.128. The molecule has 4 heteroatoms. The molecule has 0 saturated carbocycles. The summed E-state index contributed by atoms with van der Waals surface area (Å²) in [6.07, 6.45) is 5.25. The Bertz CT molecular complexity index is 483. The number of rotatable bonds is 4. The molecule has 0 radical (unpaired) electrons. The Morgan fingerprint density at radius 1 is 1.35 bits per heavy atom. The highest BCUT2D eigenvalue weighted by molar-refractivity contribution is 5.83. The van der Waals surface area contributed by atoms with Crippen molar-refractivity contribution >= 4 is 5.91 Å². The fourth-order valence-electron chi connectivity index (χ4n) is 3.52. The van der Waals surface area contributed by atoms with E-state index in [0.29, 0.717) is 0 Å². The highest BCUT2D eigenvalue weighted by Gasteiger charge is 2.45. The van der Waals surface area contributed by atoms with E-state index in [0.717, 1.165) is 69.8 Å². The van der Waals surface area contributed by atoms with Crippen LogP contribution in [-0.2, 0) is 17.8 Å². The zero-order valence-electron chi connectivity index (χ0n) is 12.3. The molecule has 1 spiro atoms. The van der Waals surface area contributed by atoms with Crippen molar-refractivity contribution in [3.05, 3.63) is 23.7 Å². The van der Waals surface area contributed by atoms with Gasteiger partial charge < -0.3 is 9.73 Å². The highest BCUT2D eigenvalue weighted by Crippen LogP contribution is 2.37. The van der Waals surface area contributed by atoms with Gasteiger partial charge in [0, 0.05) is 19.5 Å². The molecule has 0 aliphatic carbocycles. The van der Waals surface area contributed by atoms with Gasteiger partial charge in [0.05, 0.1) is 12.0 Å². The summed E-state index contributed by atoms with van der Waals surface area (Å²) < 4.78 is 5.85. The normalized spacial score (nSPS) is 27.1. The van der Waals surface area contributed by atoms with E-state index in [2.05, 4.69) is 29.3 Å². The number of piperidine rings is 1. The molecule has 110 valence electrons. The van der Waals surface area contributed by atoms with Crippen molar-refractivity contribution < 1.29 is 9.21 Å². The molecule has 3 rings (SSSR count). The van der Waals surface area contributed by atoms with Crippen LogP contribution in [-0.4, -0.2) is 30.4 Å². The van der Waals surface area contributed by atoms with Crippen LogP contribution >= 0.6 is 0 Å². The van der Waals surface area contributed by atoms with E-state index < -0.39 is 0 Å². The summed E-state index contributed by atoms with van der Waals surface area (Å²) in [5, 5.41) is 3.03. The minimum Gasteiger partial charge on any atom is -0.465 e. The monoisotopic (exact) mass is 276 g/mol. The zero-order chi connectivity index (χ0) is 14.0. The standard InChI is InChI=1S/C16H24N2O2/c1-2-4-13-5-6-14(20-13)11-18-10-8-16(12-18)7-3-9-17-15(16)19/h5-6H,2-4,7-12H2,1H3,(H,17,19)/t16-/m1/s1. The van der Waals surface area contributed by atoms with E-state index in [1.807, 2.05) is 0 Å². The lowest BCUT2D eigenvalue weighted by Crippen LogP contribution is -2.47. The van der Waals surface area contributed by atoms with Gasteiger partial charge in [0.25, 0.3) is 0 Å². The van der Waals surface area contributed by atoms with Gasteiger partial charge in [-0.15, -0.1) is 0 Å². The van der Waals surface area contributed by atoms with E-state index in [4.69, 9.17) is 4.42 Å². The zero-order valence-corrected chi connectivity index (χ0v) is 12.3. The van der Waals surface area contributed by atoms with Crippen LogP contribution in [0.4, 0.5) is 0 Å². The predicted molar refractivity (Wildman–Crippen MR) is 77.3 cm³/mol. The number of furan rings is 1. The third-order valence-corrected chi connectivity index (χ3v) is 4.63. The Morgan fingerprint density at radius 2 is 2.20 bits per heavy atom. The molecule has 2 aliphatic heterocycles. The number of amides is 1. The molecule has 1 N–H and O–H groups in total. The maximum atomic E-state index is 12.1. The third kappa shape index (κ3) is 2.62. The first-order valence-electron chi connectivity index (χ1n) is 7.80. The lowest BCUT2D eigenvalue weighted by Gasteiger charge is -2.32. The number of carbonyl (C=O) groups excluding carboxylic acids is 1. The van der Waals surface area contributed by atoms with Crippen LogP contribution in [0.5, 0.6) is 0 Å². The Morgan fingerprint density at radius 3 is 3.00 bits per heavy atom. The van der Waals surface area contributed by atoms with Crippen LogP contribution in [0.25, 0.3) is 0 Å². The SMILES string of the molecule is CCCc1ccc(CN2CC[C@]3(CCCNC3=O)C2)o1. The maximum Gasteiger partial charge on any atom is 0.227 e. The molecule has 1 aromatic rings. The Balaban J connectivity index is 1.60. The van der Waals surface area contributed by atoms with Crippen molar-refractivity contribution in [3.63, 3.8) is 0 Å². The second kappa shape index (κ2) is 5.60. The molecule has 20 heavy (non-hydrogen) atoms. The Kier molecular flexibility index (Phi) is 3.83. The number of nitrogens with zero attached hydrogens (tertiary/aromatic N) is 1. The summed E-state index contributed by atoms with van der Waals surface area (Å²) in [4.78, 5) is 14.5. The number of hydrogen-bond donors (Lipinski definition) is 1. The van der Waals surface area contributed by atoms with Crippen molar-refractivity contribution in [2.75, 3.05) is 19.6 Å². The van der Waals surface area contributed by atoms with Crippen molar-refractivity contribution in [1.82, 2.24) is 10.2 Å². The van der Waals surface area contributed by atoms with Crippen LogP contribution in [0, 0.1) is 5.41 Å². The lowest BCUT2D eigenvalue weighted by atomic mass is 9.79. The molecular weight excluding hydrogens is 252 g/mol. The molecule has 2 aliphatic rings. The van der Waals surface area contributed by atoms with Gasteiger partial charge in [-0.3, -0.25) is 9.69 Å². The molecular formula is C16H24N2O2. The van der Waals surface area contributed by atoms with Crippen LogP contribution in [0.2, 0.25) is 0 Å². The van der Waals surface area contributed by atoms with Gasteiger partial charge in [0.15, 0.2) is 0 Å². The van der Waals surface area contributed by atoms with E-state index in [9.17, 15) is 4.79 Å². The van der Waals surface area contributed by atoms with Gasteiger partial charge in [-0.2, -0.15) is 0 Å². The first-order chi connectivity index (χ1) is 9.72. The van der Waals surface area contributed by atoms with E-state index in [1.54, 1.807) is 0 Å². The fourth-order valence-corrected chi connectivity index (χ4v) is 3.52. The molecule has 4 nitrogen and oxygen atoms in total. The van der Waals surface area contributed by atoms with Gasteiger partial charge >= 0.3 is 0 Å². The number of likely N-dealkylation sites (tertiary alicyclic amines) is 1. The third-order valence-electron chi connectivity index (χ3n) is 4.63. The van der Waals surface area contributed by atoms with E-state index in [1.165, 1.54) is 0 Å². The Labute approximate surface area is 120 Å². The summed E-state index contributed by atoms with van der Waals surface area (Å²) >= 11 is 0. The largest absolute Gasteiger partial charge is 0.465 e. The molecule has 1 aromatic heterocycles. The molecule has 0 bridgehead atoms. The summed E-state index contributed by atoms with van der Waals surface area (Å²) in [5.74, 6) is 2.37. The minimum absolute atomic E-state index is 0.128. The highest BCUT2D eigenvalue weighted by atomic mass is 16.3. The fraction of sp³-hybridized carbons (Fsp3) is 0.688. The number of nitrogens with one attached hydrogen (secondary N) is 1. The van der Waals surface area contributed by atoms with Gasteiger partial charge in [0.2, 0.25) is 5.91 Å². The van der Waals surface area contributed by atoms with Gasteiger partial charge in [-0.1, -0.05) is 6.92 Å². The number of hydrogen-bond acceptors (Lipinski definition) is 3. The molecule has 2 saturated heterocycles. The minimum atomic E-state index is -0.128. The topological polar surface area (TPSA) is 45.5 Å². The number of aryl methyl sites for hydroxylation is 1. The molecule has 2 fully saturated rings. The van der Waals surface area contributed by atoms with E-state index in [-0.39, 0.29) is 11.3 Å². The molecule has 0 unspecified atom stereocenters. The van der Waals surface area contributed by atoms with Gasteiger partial charge in [0.1, 0.15) is 11.5 Å². The summed E-state index contributed by atoms with van der Waals surface area (Å²) in [6.45, 7) is 5.71. The quantitative estimate of drug-likeness (QED) is 0.918. The molecule has 3 heterocycles. The molecule has 1 amide bonds. The first-order valence-corrected chi connectivity index (χ1v) is 7.80. The molecule has 1 atom stereocenters. The van der Waals surface area contributed by atoms with Crippen LogP contribution in [0.15, 0.2) is 16.5 Å². The molecule has 0 aromatic carbocycles. The van der Waals surface area contributed by atoms with Crippen molar-refractivity contribution in [2.24, 2.45) is 5.41 Å². The van der Waals surface area contributed by atoms with Crippen molar-refractivity contribution in [3.8, 4) is 0 Å². The lowest BCUT2D eigenvalue weighted by molar-refractivity contribution is -0.132. The predicted octanol–water partition coefficient (Wildman–Crippen LogP) is 2.33. The number of carbonyl (C=O) groups is 1. The average Bonchev–Trinajstić information content (AvgIpc) is 3.03. The summed E-state index contributed by atoms with van der Waals surface area (Å²) in [7, 11) is 0. The average molecular weight is 276 g/mol. The van der Waals surface area contributed by atoms with Crippen molar-refractivity contribution in [2.45, 2.75) is 45.6 Å². The summed E-state index contributed by atoms with van der Waals surface area (Å²) in [6, 6.07) is 4.16. The van der Waals surface area contributed by atoms with Crippen LogP contribution in [0.3, 0.4) is 0 Å². The van der Waals surface area contributed by atoms with E-state index >= 15 is 0 Å².